The molecule has 1 aliphatic rings. The molecule has 0 unspecified atom stereocenters. The molecule has 1 aromatic carbocycles. The van der Waals surface area contributed by atoms with Crippen molar-refractivity contribution in [3.8, 4) is 0 Å². The predicted octanol–water partition coefficient (Wildman–Crippen LogP) is 1.10. The van der Waals surface area contributed by atoms with Crippen LogP contribution in [0.4, 0.5) is 0 Å². The second-order valence-electron chi connectivity index (χ2n) is 5.15. The van der Waals surface area contributed by atoms with E-state index >= 15 is 0 Å². The number of aliphatic carboxylic acids is 1. The van der Waals surface area contributed by atoms with Crippen LogP contribution in [0, 0.1) is 5.92 Å². The fourth-order valence-electron chi connectivity index (χ4n) is 2.38. The van der Waals surface area contributed by atoms with Gasteiger partial charge in [0.2, 0.25) is 5.91 Å². The maximum absolute atomic E-state index is 11.8. The minimum atomic E-state index is -0.710. The molecule has 1 heterocycles. The third-order valence-electron chi connectivity index (χ3n) is 3.64. The van der Waals surface area contributed by atoms with E-state index in [1.54, 1.807) is 0 Å². The number of carbonyl (C=O) groups is 2. The highest BCUT2D eigenvalue weighted by atomic mass is 16.4. The topological polar surface area (TPSA) is 69.6 Å². The lowest BCUT2D eigenvalue weighted by atomic mass is 9.97. The van der Waals surface area contributed by atoms with Crippen LogP contribution < -0.4 is 5.32 Å². The summed E-state index contributed by atoms with van der Waals surface area (Å²) >= 11 is 0. The highest BCUT2D eigenvalue weighted by Gasteiger charge is 2.24. The minimum absolute atomic E-state index is 0.00319. The number of likely N-dealkylation sites (tertiary alicyclic amines) is 1. The summed E-state index contributed by atoms with van der Waals surface area (Å²) in [5.74, 6) is -0.944. The molecule has 2 rings (SSSR count). The summed E-state index contributed by atoms with van der Waals surface area (Å²) < 4.78 is 0. The van der Waals surface area contributed by atoms with Crippen molar-refractivity contribution in [2.24, 2.45) is 5.92 Å². The molecule has 5 heteroatoms. The Morgan fingerprint density at radius 2 is 1.85 bits per heavy atom. The van der Waals surface area contributed by atoms with Gasteiger partial charge in [0.05, 0.1) is 19.0 Å². The molecule has 20 heavy (non-hydrogen) atoms. The van der Waals surface area contributed by atoms with Gasteiger partial charge in [-0.1, -0.05) is 30.3 Å². The van der Waals surface area contributed by atoms with Crippen LogP contribution in [0.3, 0.4) is 0 Å². The number of carboxylic acids is 1. The predicted molar refractivity (Wildman–Crippen MR) is 75.1 cm³/mol. The molecule has 2 N–H and O–H groups in total. The van der Waals surface area contributed by atoms with Crippen LogP contribution in [0.25, 0.3) is 0 Å². The van der Waals surface area contributed by atoms with Crippen molar-refractivity contribution < 1.29 is 14.7 Å². The second kappa shape index (κ2) is 7.05. The molecule has 108 valence electrons. The summed E-state index contributed by atoms with van der Waals surface area (Å²) in [7, 11) is 0. The number of nitrogens with zero attached hydrogens (tertiary/aromatic N) is 1. The van der Waals surface area contributed by atoms with Crippen LogP contribution >= 0.6 is 0 Å². The van der Waals surface area contributed by atoms with Gasteiger partial charge in [-0.05, 0) is 18.4 Å². The zero-order valence-electron chi connectivity index (χ0n) is 11.4. The molecule has 0 saturated carbocycles. The number of piperidine rings is 1. The number of benzene rings is 1. The number of hydrogen-bond acceptors (Lipinski definition) is 3. The molecule has 1 saturated heterocycles. The Morgan fingerprint density at radius 3 is 2.45 bits per heavy atom. The lowest BCUT2D eigenvalue weighted by Gasteiger charge is -2.29. The third kappa shape index (κ3) is 4.35. The Bertz CT molecular complexity index is 453. The molecule has 1 amide bonds. The van der Waals surface area contributed by atoms with E-state index in [-0.39, 0.29) is 11.8 Å². The van der Waals surface area contributed by atoms with Crippen molar-refractivity contribution in [2.45, 2.75) is 19.3 Å². The lowest BCUT2D eigenvalue weighted by molar-refractivity contribution is -0.143. The first-order valence-electron chi connectivity index (χ1n) is 6.91. The van der Waals surface area contributed by atoms with Gasteiger partial charge >= 0.3 is 5.97 Å². The first-order valence-corrected chi connectivity index (χ1v) is 6.91. The van der Waals surface area contributed by atoms with Crippen molar-refractivity contribution in [2.75, 3.05) is 19.8 Å². The molecular formula is C15H20N2O3. The molecule has 0 radical (unpaired) electrons. The molecule has 0 bridgehead atoms. The third-order valence-corrected chi connectivity index (χ3v) is 3.64. The molecule has 0 spiro atoms. The van der Waals surface area contributed by atoms with E-state index < -0.39 is 5.97 Å². The van der Waals surface area contributed by atoms with Crippen LogP contribution in [0.5, 0.6) is 0 Å². The van der Waals surface area contributed by atoms with Gasteiger partial charge in [0.15, 0.2) is 0 Å². The van der Waals surface area contributed by atoms with Gasteiger partial charge < -0.3 is 10.4 Å². The van der Waals surface area contributed by atoms with Crippen LogP contribution in [-0.2, 0) is 16.0 Å². The average molecular weight is 276 g/mol. The second-order valence-corrected chi connectivity index (χ2v) is 5.15. The van der Waals surface area contributed by atoms with Gasteiger partial charge in [0.1, 0.15) is 0 Å². The van der Waals surface area contributed by atoms with E-state index in [9.17, 15) is 9.59 Å². The molecule has 1 fully saturated rings. The van der Waals surface area contributed by atoms with E-state index in [0.717, 1.165) is 18.7 Å². The number of hydrogen-bond donors (Lipinski definition) is 2. The maximum Gasteiger partial charge on any atom is 0.306 e. The number of carboxylic acid groups (broad SMARTS) is 1. The van der Waals surface area contributed by atoms with Gasteiger partial charge in [0.25, 0.3) is 0 Å². The number of nitrogens with one attached hydrogen (secondary N) is 1. The first-order chi connectivity index (χ1) is 9.65. The molecule has 1 aliphatic heterocycles. The van der Waals surface area contributed by atoms with E-state index in [1.165, 1.54) is 0 Å². The Hall–Kier alpha value is -1.88. The summed E-state index contributed by atoms with van der Waals surface area (Å²) in [6, 6.07) is 9.61. The Kier molecular flexibility index (Phi) is 5.12. The van der Waals surface area contributed by atoms with Crippen LogP contribution in [0.1, 0.15) is 18.4 Å². The molecular weight excluding hydrogens is 256 g/mol. The van der Waals surface area contributed by atoms with Gasteiger partial charge in [-0.3, -0.25) is 14.5 Å². The summed E-state index contributed by atoms with van der Waals surface area (Å²) in [6.07, 6.45) is 1.69. The van der Waals surface area contributed by atoms with Gasteiger partial charge in [-0.25, -0.2) is 0 Å². The highest BCUT2D eigenvalue weighted by Crippen LogP contribution is 2.16. The van der Waals surface area contributed by atoms with Gasteiger partial charge in [-0.2, -0.15) is 0 Å². The van der Waals surface area contributed by atoms with Gasteiger partial charge in [0, 0.05) is 13.1 Å². The van der Waals surface area contributed by atoms with Crippen molar-refractivity contribution in [1.29, 1.82) is 0 Å². The molecule has 0 aromatic heterocycles. The summed E-state index contributed by atoms with van der Waals surface area (Å²) in [5, 5.41) is 11.8. The number of amides is 1. The SMILES string of the molecule is O=C(Cc1ccccc1)NCN1CCC(C(=O)O)CC1. The summed E-state index contributed by atoms with van der Waals surface area (Å²) in [6.45, 7) is 1.95. The van der Waals surface area contributed by atoms with Gasteiger partial charge in [-0.15, -0.1) is 0 Å². The number of carbonyl (C=O) groups excluding carboxylic acids is 1. The van der Waals surface area contributed by atoms with Crippen LogP contribution in [0.2, 0.25) is 0 Å². The Balaban J connectivity index is 1.68. The summed E-state index contributed by atoms with van der Waals surface area (Å²) in [4.78, 5) is 24.7. The minimum Gasteiger partial charge on any atom is -0.481 e. The monoisotopic (exact) mass is 276 g/mol. The molecule has 0 aliphatic carbocycles. The largest absolute Gasteiger partial charge is 0.481 e. The Morgan fingerprint density at radius 1 is 1.20 bits per heavy atom. The lowest BCUT2D eigenvalue weighted by Crippen LogP contribution is -2.43. The van der Waals surface area contributed by atoms with Crippen molar-refractivity contribution in [3.63, 3.8) is 0 Å². The first kappa shape index (κ1) is 14.5. The smallest absolute Gasteiger partial charge is 0.306 e. The molecule has 0 atom stereocenters. The van der Waals surface area contributed by atoms with Crippen molar-refractivity contribution >= 4 is 11.9 Å². The van der Waals surface area contributed by atoms with E-state index in [2.05, 4.69) is 10.2 Å². The van der Waals surface area contributed by atoms with Crippen molar-refractivity contribution in [1.82, 2.24) is 10.2 Å². The average Bonchev–Trinajstić information content (AvgIpc) is 2.46. The van der Waals surface area contributed by atoms with E-state index in [0.29, 0.717) is 25.9 Å². The van der Waals surface area contributed by atoms with Crippen LogP contribution in [0.15, 0.2) is 30.3 Å². The van der Waals surface area contributed by atoms with E-state index in [4.69, 9.17) is 5.11 Å². The molecule has 5 nitrogen and oxygen atoms in total. The van der Waals surface area contributed by atoms with Crippen LogP contribution in [-0.4, -0.2) is 41.6 Å². The summed E-state index contributed by atoms with van der Waals surface area (Å²) in [5.41, 5.74) is 0.995. The fourth-order valence-corrected chi connectivity index (χ4v) is 2.38. The Labute approximate surface area is 118 Å². The van der Waals surface area contributed by atoms with E-state index in [1.807, 2.05) is 30.3 Å². The standard InChI is InChI=1S/C15H20N2O3/c18-14(10-12-4-2-1-3-5-12)16-11-17-8-6-13(7-9-17)15(19)20/h1-5,13H,6-11H2,(H,16,18)(H,19,20). The zero-order valence-corrected chi connectivity index (χ0v) is 11.4. The number of rotatable bonds is 5. The normalized spacial score (nSPS) is 16.8. The fraction of sp³-hybridized carbons (Fsp3) is 0.467. The maximum atomic E-state index is 11.8. The molecule has 1 aromatic rings. The van der Waals surface area contributed by atoms with Crippen molar-refractivity contribution in [3.05, 3.63) is 35.9 Å². The quantitative estimate of drug-likeness (QED) is 0.845. The zero-order chi connectivity index (χ0) is 14.4. The highest BCUT2D eigenvalue weighted by molar-refractivity contribution is 5.78.